The van der Waals surface area contributed by atoms with Gasteiger partial charge in [0, 0.05) is 21.4 Å². The van der Waals surface area contributed by atoms with Gasteiger partial charge in [-0.25, -0.2) is 0 Å². The summed E-state index contributed by atoms with van der Waals surface area (Å²) in [4.78, 5) is 9.03. The van der Waals surface area contributed by atoms with Gasteiger partial charge in [-0.2, -0.15) is 0 Å². The Morgan fingerprint density at radius 2 is 0.698 bits per heavy atom. The van der Waals surface area contributed by atoms with Crippen LogP contribution in [-0.4, -0.2) is 12.4 Å². The van der Waals surface area contributed by atoms with Crippen LogP contribution in [0.15, 0.2) is 177 Å². The Hall–Kier alpha value is -4.79. The van der Waals surface area contributed by atoms with Crippen LogP contribution in [0.25, 0.3) is 22.0 Å². The van der Waals surface area contributed by atoms with Gasteiger partial charge in [-0.1, -0.05) is 163 Å². The molecule has 0 fully saturated rings. The zero-order valence-corrected chi connectivity index (χ0v) is 34.3. The first-order valence-corrected chi connectivity index (χ1v) is 18.5. The molecule has 6 aromatic carbocycles. The minimum atomic E-state index is 0. The summed E-state index contributed by atoms with van der Waals surface area (Å²) in [5.74, 6) is 0. The standard InChI is InChI=1S/2C23H20BrN2.Co/c2*1-17-3-11-21(12-4-17)25-16-15-23(19-7-9-20(24)10-8-19)26-22-13-5-18(2)6-14-22;/h2*3-16H,1-2H3;/q2*-1;+2. The zero-order valence-electron chi connectivity index (χ0n) is 30.0. The molecule has 0 amide bonds. The Labute approximate surface area is 341 Å². The summed E-state index contributed by atoms with van der Waals surface area (Å²) in [6, 6.07) is 48.9. The number of halogens is 2. The van der Waals surface area contributed by atoms with Gasteiger partial charge in [0.15, 0.2) is 0 Å². The van der Waals surface area contributed by atoms with Gasteiger partial charge < -0.3 is 10.6 Å². The van der Waals surface area contributed by atoms with Crippen molar-refractivity contribution in [3.63, 3.8) is 0 Å². The van der Waals surface area contributed by atoms with Crippen molar-refractivity contribution in [3.8, 4) is 0 Å². The number of hydrogen-bond acceptors (Lipinski definition) is 2. The van der Waals surface area contributed by atoms with Gasteiger partial charge in [-0.3, -0.25) is 9.98 Å². The van der Waals surface area contributed by atoms with Gasteiger partial charge >= 0.3 is 16.8 Å². The fourth-order valence-electron chi connectivity index (χ4n) is 4.80. The van der Waals surface area contributed by atoms with E-state index in [9.17, 15) is 0 Å². The maximum absolute atomic E-state index is 4.80. The third-order valence-corrected chi connectivity index (χ3v) is 8.88. The second-order valence-electron chi connectivity index (χ2n) is 12.2. The van der Waals surface area contributed by atoms with E-state index in [1.807, 2.05) is 109 Å². The van der Waals surface area contributed by atoms with Crippen LogP contribution in [0.5, 0.6) is 0 Å². The van der Waals surface area contributed by atoms with Crippen molar-refractivity contribution in [3.05, 3.63) is 211 Å². The Balaban J connectivity index is 0.000000232. The summed E-state index contributed by atoms with van der Waals surface area (Å²) in [6.07, 6.45) is 7.51. The Kier molecular flexibility index (Phi) is 16.3. The largest absolute Gasteiger partial charge is 2.00 e. The van der Waals surface area contributed by atoms with Crippen LogP contribution in [0.1, 0.15) is 33.4 Å². The first-order valence-electron chi connectivity index (χ1n) is 16.9. The first kappa shape index (κ1) is 41.0. The second-order valence-corrected chi connectivity index (χ2v) is 14.1. The normalized spacial score (nSPS) is 11.5. The van der Waals surface area contributed by atoms with E-state index >= 15 is 0 Å². The fourth-order valence-corrected chi connectivity index (χ4v) is 5.33. The predicted molar refractivity (Wildman–Crippen MR) is 231 cm³/mol. The van der Waals surface area contributed by atoms with Crippen LogP contribution < -0.4 is 0 Å². The molecule has 0 aliphatic heterocycles. The molecule has 53 heavy (non-hydrogen) atoms. The Morgan fingerprint density at radius 3 is 1.00 bits per heavy atom. The predicted octanol–water partition coefficient (Wildman–Crippen LogP) is 15.0. The van der Waals surface area contributed by atoms with E-state index in [0.29, 0.717) is 0 Å². The molecule has 0 saturated carbocycles. The van der Waals surface area contributed by atoms with E-state index in [0.717, 1.165) is 54.2 Å². The van der Waals surface area contributed by atoms with Crippen molar-refractivity contribution in [1.82, 2.24) is 0 Å². The summed E-state index contributed by atoms with van der Waals surface area (Å²) in [6.45, 7) is 8.28. The molecule has 267 valence electrons. The molecule has 0 saturated heterocycles. The molecular formula is C46H40Br2CoN4. The van der Waals surface area contributed by atoms with E-state index < -0.39 is 0 Å². The molecule has 4 nitrogen and oxygen atoms in total. The first-order chi connectivity index (χ1) is 25.2. The minimum Gasteiger partial charge on any atom is -0.657 e. The van der Waals surface area contributed by atoms with Gasteiger partial charge in [-0.15, -0.1) is 22.8 Å². The SMILES string of the molecule is Cc1ccc(N=CC=C([N-]c2ccc(C)cc2)c2ccc(Br)cc2)cc1.Cc1ccc(N=CC=C([N-]c2ccc(C)cc2)c2ccc(Br)cc2)cc1.[Co+2]. The second kappa shape index (κ2) is 21.0. The van der Waals surface area contributed by atoms with Crippen molar-refractivity contribution < 1.29 is 16.8 Å². The van der Waals surface area contributed by atoms with Gasteiger partial charge in [0.2, 0.25) is 0 Å². The maximum Gasteiger partial charge on any atom is 2.00 e. The number of allylic oxidation sites excluding steroid dienone is 2. The van der Waals surface area contributed by atoms with Crippen LogP contribution in [0, 0.1) is 27.7 Å². The molecule has 0 heterocycles. The molecule has 0 aliphatic rings. The molecule has 0 bridgehead atoms. The van der Waals surface area contributed by atoms with Crippen molar-refractivity contribution in [1.29, 1.82) is 0 Å². The molecule has 7 heteroatoms. The van der Waals surface area contributed by atoms with Crippen LogP contribution >= 0.6 is 31.9 Å². The average molecular weight is 868 g/mol. The van der Waals surface area contributed by atoms with Crippen molar-refractivity contribution in [2.45, 2.75) is 27.7 Å². The topological polar surface area (TPSA) is 52.9 Å². The van der Waals surface area contributed by atoms with Gasteiger partial charge in [0.25, 0.3) is 0 Å². The number of nitrogens with zero attached hydrogens (tertiary/aromatic N) is 4. The van der Waals surface area contributed by atoms with Crippen molar-refractivity contribution >= 4 is 78.4 Å². The summed E-state index contributed by atoms with van der Waals surface area (Å²) in [7, 11) is 0. The molecule has 0 aliphatic carbocycles. The Bertz CT molecular complexity index is 1980. The van der Waals surface area contributed by atoms with E-state index in [-0.39, 0.29) is 16.8 Å². The van der Waals surface area contributed by atoms with Gasteiger partial charge in [0.1, 0.15) is 0 Å². The summed E-state index contributed by atoms with van der Waals surface area (Å²) >= 11 is 6.96. The van der Waals surface area contributed by atoms with E-state index in [1.165, 1.54) is 22.3 Å². The number of benzene rings is 6. The van der Waals surface area contributed by atoms with E-state index in [2.05, 4.69) is 118 Å². The van der Waals surface area contributed by atoms with Crippen molar-refractivity contribution in [2.75, 3.05) is 0 Å². The summed E-state index contributed by atoms with van der Waals surface area (Å²) < 4.78 is 2.09. The number of aryl methyl sites for hydroxylation is 4. The monoisotopic (exact) mass is 865 g/mol. The fraction of sp³-hybridized carbons (Fsp3) is 0.0870. The third-order valence-electron chi connectivity index (χ3n) is 7.83. The van der Waals surface area contributed by atoms with Gasteiger partial charge in [0.05, 0.1) is 11.4 Å². The number of rotatable bonds is 10. The molecule has 0 spiro atoms. The number of aliphatic imine (C=N–C) groups is 2. The molecule has 0 unspecified atom stereocenters. The quantitative estimate of drug-likeness (QED) is 0.123. The maximum atomic E-state index is 4.80. The van der Waals surface area contributed by atoms with Crippen LogP contribution in [0.3, 0.4) is 0 Å². The molecular weight excluding hydrogens is 827 g/mol. The molecule has 0 atom stereocenters. The van der Waals surface area contributed by atoms with E-state index in [4.69, 9.17) is 10.6 Å². The van der Waals surface area contributed by atoms with Crippen LogP contribution in [0.4, 0.5) is 22.7 Å². The zero-order chi connectivity index (χ0) is 36.7. The molecule has 0 aromatic heterocycles. The van der Waals surface area contributed by atoms with Crippen molar-refractivity contribution in [2.24, 2.45) is 9.98 Å². The number of hydrogen-bond donors (Lipinski definition) is 0. The summed E-state index contributed by atoms with van der Waals surface area (Å²) in [5.41, 5.74) is 12.4. The average Bonchev–Trinajstić information content (AvgIpc) is 3.15. The Morgan fingerprint density at radius 1 is 0.415 bits per heavy atom. The molecule has 1 radical (unpaired) electrons. The van der Waals surface area contributed by atoms with Gasteiger partial charge in [-0.05, 0) is 87.4 Å². The minimum absolute atomic E-state index is 0. The van der Waals surface area contributed by atoms with E-state index in [1.54, 1.807) is 12.4 Å². The molecule has 0 N–H and O–H groups in total. The molecule has 6 aromatic rings. The molecule has 6 rings (SSSR count). The van der Waals surface area contributed by atoms with Crippen LogP contribution in [0.2, 0.25) is 0 Å². The smallest absolute Gasteiger partial charge is 0.657 e. The third kappa shape index (κ3) is 13.9. The van der Waals surface area contributed by atoms with Crippen LogP contribution in [-0.2, 0) is 16.8 Å². The summed E-state index contributed by atoms with van der Waals surface area (Å²) in [5, 5.41) is 9.60.